The Balaban J connectivity index is 4.27. The molecule has 1 atom stereocenters. The van der Waals surface area contributed by atoms with Gasteiger partial charge in [-0.1, -0.05) is 26.7 Å². The maximum atomic E-state index is 11.4. The van der Waals surface area contributed by atoms with Gasteiger partial charge >= 0.3 is 5.97 Å². The summed E-state index contributed by atoms with van der Waals surface area (Å²) in [4.78, 5) is 22.3. The number of terminal acetylenes is 1. The molecule has 5 nitrogen and oxygen atoms in total. The Hall–Kier alpha value is -1.54. The van der Waals surface area contributed by atoms with Crippen LogP contribution in [0.5, 0.6) is 0 Å². The van der Waals surface area contributed by atoms with Crippen LogP contribution in [0.2, 0.25) is 0 Å². The fourth-order valence-corrected chi connectivity index (χ4v) is 1.11. The van der Waals surface area contributed by atoms with Crippen LogP contribution in [0, 0.1) is 17.8 Å². The largest absolute Gasteiger partial charge is 0.480 e. The van der Waals surface area contributed by atoms with Gasteiger partial charge in [-0.25, -0.2) is 4.79 Å². The molecule has 0 heterocycles. The third-order valence-corrected chi connectivity index (χ3v) is 1.93. The van der Waals surface area contributed by atoms with Crippen LogP contribution in [-0.2, 0) is 9.59 Å². The van der Waals surface area contributed by atoms with E-state index in [0.717, 1.165) is 0 Å². The first kappa shape index (κ1) is 14.5. The first-order valence-corrected chi connectivity index (χ1v) is 4.95. The summed E-state index contributed by atoms with van der Waals surface area (Å²) in [6.07, 6.45) is 5.00. The zero-order valence-electron chi connectivity index (χ0n) is 9.83. The molecule has 3 N–H and O–H groups in total. The van der Waals surface area contributed by atoms with E-state index in [2.05, 4.69) is 16.6 Å². The minimum absolute atomic E-state index is 0.0179. The Morgan fingerprint density at radius 1 is 1.44 bits per heavy atom. The predicted octanol–water partition coefficient (Wildman–Crippen LogP) is -0.175. The fraction of sp³-hybridized carbons (Fsp3) is 0.636. The van der Waals surface area contributed by atoms with Gasteiger partial charge in [0.15, 0.2) is 0 Å². The summed E-state index contributed by atoms with van der Waals surface area (Å²) in [7, 11) is 0. The highest BCUT2D eigenvalue weighted by Gasteiger charge is 2.32. The van der Waals surface area contributed by atoms with E-state index in [0.29, 0.717) is 0 Å². The number of aliphatic carboxylic acids is 1. The minimum Gasteiger partial charge on any atom is -0.480 e. The van der Waals surface area contributed by atoms with E-state index in [1.807, 2.05) is 0 Å². The summed E-state index contributed by atoms with van der Waals surface area (Å²) in [6.45, 7) is 5.55. The minimum atomic E-state index is -1.04. The molecule has 0 aromatic rings. The van der Waals surface area contributed by atoms with Crippen LogP contribution >= 0.6 is 0 Å². The summed E-state index contributed by atoms with van der Waals surface area (Å²) in [5.74, 6) is 0.901. The second-order valence-corrected chi connectivity index (χ2v) is 4.51. The first-order chi connectivity index (χ1) is 7.29. The van der Waals surface area contributed by atoms with Crippen molar-refractivity contribution in [3.05, 3.63) is 0 Å². The molecule has 0 aliphatic carbocycles. The van der Waals surface area contributed by atoms with Gasteiger partial charge in [0.2, 0.25) is 5.91 Å². The molecule has 0 aliphatic heterocycles. The zero-order valence-corrected chi connectivity index (χ0v) is 9.83. The van der Waals surface area contributed by atoms with Gasteiger partial charge in [-0.05, 0) is 5.41 Å². The van der Waals surface area contributed by atoms with Gasteiger partial charge in [0, 0.05) is 0 Å². The van der Waals surface area contributed by atoms with Crippen molar-refractivity contribution in [2.75, 3.05) is 13.1 Å². The molecule has 0 aromatic heterocycles. The molecule has 16 heavy (non-hydrogen) atoms. The molecule has 0 spiro atoms. The van der Waals surface area contributed by atoms with Crippen LogP contribution < -0.4 is 10.6 Å². The molecule has 0 bridgehead atoms. The fourth-order valence-electron chi connectivity index (χ4n) is 1.11. The van der Waals surface area contributed by atoms with Crippen molar-refractivity contribution in [3.8, 4) is 12.3 Å². The van der Waals surface area contributed by atoms with Crippen LogP contribution in [0.4, 0.5) is 0 Å². The van der Waals surface area contributed by atoms with E-state index in [1.165, 1.54) is 0 Å². The molecular weight excluding hydrogens is 208 g/mol. The molecule has 1 amide bonds. The first-order valence-electron chi connectivity index (χ1n) is 4.95. The Kier molecular flexibility index (Phi) is 5.54. The van der Waals surface area contributed by atoms with Crippen LogP contribution in [0.3, 0.4) is 0 Å². The molecule has 5 heteroatoms. The highest BCUT2D eigenvalue weighted by Crippen LogP contribution is 2.19. The standard InChI is InChI=1S/C11H18N2O3/c1-5-6-12-7-8(14)13-9(10(15)16)11(2,3)4/h1,9,12H,6-7H2,2-4H3,(H,13,14)(H,15,16). The van der Waals surface area contributed by atoms with Gasteiger partial charge in [0.1, 0.15) is 6.04 Å². The monoisotopic (exact) mass is 226 g/mol. The smallest absolute Gasteiger partial charge is 0.326 e. The van der Waals surface area contributed by atoms with Crippen LogP contribution in [0.25, 0.3) is 0 Å². The zero-order chi connectivity index (χ0) is 12.8. The van der Waals surface area contributed by atoms with Gasteiger partial charge in [-0.3, -0.25) is 10.1 Å². The van der Waals surface area contributed by atoms with Crippen molar-refractivity contribution < 1.29 is 14.7 Å². The van der Waals surface area contributed by atoms with E-state index in [1.54, 1.807) is 20.8 Å². The lowest BCUT2D eigenvalue weighted by Crippen LogP contribution is -2.51. The second kappa shape index (κ2) is 6.13. The quantitative estimate of drug-likeness (QED) is 0.449. The number of amides is 1. The molecule has 0 radical (unpaired) electrons. The van der Waals surface area contributed by atoms with Crippen molar-refractivity contribution in [1.82, 2.24) is 10.6 Å². The summed E-state index contributed by atoms with van der Waals surface area (Å²) >= 11 is 0. The third-order valence-electron chi connectivity index (χ3n) is 1.93. The highest BCUT2D eigenvalue weighted by atomic mass is 16.4. The average Bonchev–Trinajstić information content (AvgIpc) is 2.12. The average molecular weight is 226 g/mol. The number of carboxylic acids is 1. The van der Waals surface area contributed by atoms with E-state index in [9.17, 15) is 9.59 Å². The maximum Gasteiger partial charge on any atom is 0.326 e. The second-order valence-electron chi connectivity index (χ2n) is 4.51. The molecule has 1 unspecified atom stereocenters. The lowest BCUT2D eigenvalue weighted by atomic mass is 9.87. The summed E-state index contributed by atoms with van der Waals surface area (Å²) < 4.78 is 0. The number of carbonyl (C=O) groups is 2. The highest BCUT2D eigenvalue weighted by molar-refractivity contribution is 5.85. The van der Waals surface area contributed by atoms with E-state index in [4.69, 9.17) is 11.5 Å². The molecule has 0 aliphatic rings. The van der Waals surface area contributed by atoms with Gasteiger partial charge in [-0.2, -0.15) is 0 Å². The van der Waals surface area contributed by atoms with Gasteiger partial charge in [-0.15, -0.1) is 6.42 Å². The predicted molar refractivity (Wildman–Crippen MR) is 60.7 cm³/mol. The normalized spacial score (nSPS) is 12.6. The third kappa shape index (κ3) is 5.37. The number of hydrogen-bond acceptors (Lipinski definition) is 3. The van der Waals surface area contributed by atoms with Crippen molar-refractivity contribution >= 4 is 11.9 Å². The van der Waals surface area contributed by atoms with Crippen molar-refractivity contribution in [1.29, 1.82) is 0 Å². The van der Waals surface area contributed by atoms with E-state index >= 15 is 0 Å². The van der Waals surface area contributed by atoms with Crippen LogP contribution in [-0.4, -0.2) is 36.1 Å². The summed E-state index contributed by atoms with van der Waals surface area (Å²) in [5, 5.41) is 14.1. The number of nitrogens with one attached hydrogen (secondary N) is 2. The van der Waals surface area contributed by atoms with E-state index < -0.39 is 17.4 Å². The number of hydrogen-bond donors (Lipinski definition) is 3. The molecule has 90 valence electrons. The molecule has 0 saturated carbocycles. The number of rotatable bonds is 5. The Bertz CT molecular complexity index is 299. The van der Waals surface area contributed by atoms with Gasteiger partial charge < -0.3 is 10.4 Å². The Morgan fingerprint density at radius 3 is 2.38 bits per heavy atom. The van der Waals surface area contributed by atoms with Crippen LogP contribution in [0.1, 0.15) is 20.8 Å². The number of carbonyl (C=O) groups excluding carboxylic acids is 1. The SMILES string of the molecule is C#CCNCC(=O)NC(C(=O)O)C(C)(C)C. The lowest BCUT2D eigenvalue weighted by molar-refractivity contribution is -0.144. The van der Waals surface area contributed by atoms with Crippen molar-refractivity contribution in [3.63, 3.8) is 0 Å². The molecular formula is C11H18N2O3. The summed E-state index contributed by atoms with van der Waals surface area (Å²) in [5.41, 5.74) is -0.534. The Labute approximate surface area is 95.6 Å². The Morgan fingerprint density at radius 2 is 2.00 bits per heavy atom. The molecule has 0 saturated heterocycles. The van der Waals surface area contributed by atoms with Crippen molar-refractivity contribution in [2.45, 2.75) is 26.8 Å². The van der Waals surface area contributed by atoms with Crippen molar-refractivity contribution in [2.24, 2.45) is 5.41 Å². The van der Waals surface area contributed by atoms with Gasteiger partial charge in [0.05, 0.1) is 13.1 Å². The lowest BCUT2D eigenvalue weighted by Gasteiger charge is -2.27. The molecule has 0 aromatic carbocycles. The van der Waals surface area contributed by atoms with E-state index in [-0.39, 0.29) is 19.0 Å². The topological polar surface area (TPSA) is 78.4 Å². The maximum absolute atomic E-state index is 11.4. The summed E-state index contributed by atoms with van der Waals surface area (Å²) in [6, 6.07) is -0.910. The number of carboxylic acid groups (broad SMARTS) is 1. The van der Waals surface area contributed by atoms with Crippen LogP contribution in [0.15, 0.2) is 0 Å². The molecule has 0 fully saturated rings. The van der Waals surface area contributed by atoms with Gasteiger partial charge in [0.25, 0.3) is 0 Å². The molecule has 0 rings (SSSR count).